The molecule has 174 valence electrons. The van der Waals surface area contributed by atoms with Crippen LogP contribution in [0.2, 0.25) is 0 Å². The van der Waals surface area contributed by atoms with E-state index < -0.39 is 0 Å². The lowest BCUT2D eigenvalue weighted by atomic mass is 10.0. The Labute approximate surface area is 219 Å². The van der Waals surface area contributed by atoms with Crippen molar-refractivity contribution in [1.29, 1.82) is 0 Å². The largest absolute Gasteiger partial charge is 0.507 e. The summed E-state index contributed by atoms with van der Waals surface area (Å²) in [6, 6.07) is 35.5. The number of hydrogen-bond donors (Lipinski definition) is 1. The van der Waals surface area contributed by atoms with Crippen LogP contribution in [-0.2, 0) is 0 Å². The molecular formula is C32H18N2OS2. The van der Waals surface area contributed by atoms with Crippen LogP contribution >= 0.6 is 22.7 Å². The third-order valence-electron chi connectivity index (χ3n) is 7.00. The van der Waals surface area contributed by atoms with Gasteiger partial charge in [0.25, 0.3) is 0 Å². The molecule has 0 atom stereocenters. The molecule has 0 spiro atoms. The third-order valence-corrected chi connectivity index (χ3v) is 9.12. The molecule has 0 saturated carbocycles. The van der Waals surface area contributed by atoms with E-state index in [-0.39, 0.29) is 5.75 Å². The number of rotatable bonds is 2. The van der Waals surface area contributed by atoms with Gasteiger partial charge in [0.1, 0.15) is 15.8 Å². The Bertz CT molecular complexity index is 2170. The predicted octanol–water partition coefficient (Wildman–Crippen LogP) is 9.41. The van der Waals surface area contributed by atoms with Crippen LogP contribution in [0.25, 0.3) is 73.9 Å². The monoisotopic (exact) mass is 510 g/mol. The van der Waals surface area contributed by atoms with Gasteiger partial charge < -0.3 is 5.11 Å². The fourth-order valence-corrected chi connectivity index (χ4v) is 7.14. The van der Waals surface area contributed by atoms with E-state index in [0.717, 1.165) is 53.0 Å². The average molecular weight is 511 g/mol. The average Bonchev–Trinajstić information content (AvgIpc) is 3.57. The van der Waals surface area contributed by atoms with Gasteiger partial charge in [-0.05, 0) is 51.9 Å². The summed E-state index contributed by atoms with van der Waals surface area (Å²) in [5, 5.41) is 19.5. The van der Waals surface area contributed by atoms with E-state index >= 15 is 0 Å². The van der Waals surface area contributed by atoms with Crippen molar-refractivity contribution in [2.45, 2.75) is 0 Å². The Hall–Kier alpha value is -4.32. The van der Waals surface area contributed by atoms with Crippen LogP contribution in [0, 0.1) is 0 Å². The zero-order valence-electron chi connectivity index (χ0n) is 19.5. The van der Waals surface area contributed by atoms with Crippen molar-refractivity contribution in [3.05, 3.63) is 103 Å². The first-order valence-corrected chi connectivity index (χ1v) is 13.7. The van der Waals surface area contributed by atoms with E-state index in [0.29, 0.717) is 0 Å². The van der Waals surface area contributed by atoms with Gasteiger partial charge in [0, 0.05) is 16.3 Å². The molecule has 0 fully saturated rings. The second kappa shape index (κ2) is 7.84. The molecule has 2 heterocycles. The van der Waals surface area contributed by atoms with Gasteiger partial charge in [0.05, 0.1) is 26.0 Å². The summed E-state index contributed by atoms with van der Waals surface area (Å²) in [5.74, 6) is 0.245. The molecule has 0 aliphatic rings. The Morgan fingerprint density at radius 3 is 1.81 bits per heavy atom. The number of benzene rings is 6. The van der Waals surface area contributed by atoms with Gasteiger partial charge >= 0.3 is 0 Å². The number of aromatic hydroxyl groups is 1. The maximum Gasteiger partial charge on any atom is 0.128 e. The van der Waals surface area contributed by atoms with E-state index in [9.17, 15) is 5.11 Å². The quantitative estimate of drug-likeness (QED) is 0.252. The van der Waals surface area contributed by atoms with Gasteiger partial charge in [0.2, 0.25) is 0 Å². The van der Waals surface area contributed by atoms with Crippen LogP contribution in [0.15, 0.2) is 103 Å². The van der Waals surface area contributed by atoms with Crippen molar-refractivity contribution in [3.8, 4) is 26.9 Å². The highest BCUT2D eigenvalue weighted by atomic mass is 32.1. The molecule has 0 amide bonds. The molecule has 0 unspecified atom stereocenters. The lowest BCUT2D eigenvalue weighted by Gasteiger charge is -2.06. The topological polar surface area (TPSA) is 46.0 Å². The molecule has 0 aliphatic heterocycles. The molecule has 37 heavy (non-hydrogen) atoms. The highest BCUT2D eigenvalue weighted by Gasteiger charge is 2.15. The molecule has 8 rings (SSSR count). The summed E-state index contributed by atoms with van der Waals surface area (Å²) >= 11 is 3.32. The van der Waals surface area contributed by atoms with E-state index in [1.807, 2.05) is 18.2 Å². The minimum Gasteiger partial charge on any atom is -0.507 e. The molecule has 1 N–H and O–H groups in total. The van der Waals surface area contributed by atoms with E-state index in [4.69, 9.17) is 9.97 Å². The normalized spacial score (nSPS) is 11.9. The second-order valence-electron chi connectivity index (χ2n) is 9.24. The summed E-state index contributed by atoms with van der Waals surface area (Å²) in [7, 11) is 0. The second-order valence-corrected chi connectivity index (χ2v) is 11.3. The summed E-state index contributed by atoms with van der Waals surface area (Å²) in [6.07, 6.45) is 0. The SMILES string of the molecule is Oc1cc2ccc(-c3nc4c(ccc5ccccc54)s3)cc2cc1-c1nc2c(ccc3ccccc32)s1. The van der Waals surface area contributed by atoms with E-state index in [1.165, 1.54) is 20.9 Å². The molecule has 3 nitrogen and oxygen atoms in total. The number of phenolic OH excluding ortho intramolecular Hbond substituents is 1. The molecule has 6 aromatic carbocycles. The van der Waals surface area contributed by atoms with Gasteiger partial charge in [0.15, 0.2) is 0 Å². The molecule has 0 saturated heterocycles. The lowest BCUT2D eigenvalue weighted by Crippen LogP contribution is -1.83. The first kappa shape index (κ1) is 20.8. The highest BCUT2D eigenvalue weighted by Crippen LogP contribution is 2.41. The van der Waals surface area contributed by atoms with Gasteiger partial charge in [-0.25, -0.2) is 9.97 Å². The van der Waals surface area contributed by atoms with Crippen molar-refractivity contribution >= 4 is 75.4 Å². The molecule has 0 aliphatic carbocycles. The number of nitrogens with zero attached hydrogens (tertiary/aromatic N) is 2. The van der Waals surface area contributed by atoms with Crippen LogP contribution < -0.4 is 0 Å². The van der Waals surface area contributed by atoms with E-state index in [2.05, 4.69) is 84.9 Å². The molecule has 0 radical (unpaired) electrons. The first-order chi connectivity index (χ1) is 18.2. The maximum absolute atomic E-state index is 10.9. The first-order valence-electron chi connectivity index (χ1n) is 12.1. The predicted molar refractivity (Wildman–Crippen MR) is 158 cm³/mol. The van der Waals surface area contributed by atoms with Crippen LogP contribution in [0.4, 0.5) is 0 Å². The molecule has 0 bridgehead atoms. The van der Waals surface area contributed by atoms with E-state index in [1.54, 1.807) is 22.7 Å². The zero-order valence-corrected chi connectivity index (χ0v) is 21.1. The van der Waals surface area contributed by atoms with Gasteiger partial charge in [-0.1, -0.05) is 72.8 Å². The van der Waals surface area contributed by atoms with Crippen molar-refractivity contribution in [2.75, 3.05) is 0 Å². The van der Waals surface area contributed by atoms with Gasteiger partial charge in [-0.2, -0.15) is 0 Å². The highest BCUT2D eigenvalue weighted by molar-refractivity contribution is 7.22. The lowest BCUT2D eigenvalue weighted by molar-refractivity contribution is 0.478. The fraction of sp³-hybridized carbons (Fsp3) is 0. The number of phenols is 1. The number of hydrogen-bond acceptors (Lipinski definition) is 5. The molecule has 8 aromatic rings. The van der Waals surface area contributed by atoms with Crippen molar-refractivity contribution in [3.63, 3.8) is 0 Å². The zero-order chi connectivity index (χ0) is 24.5. The minimum absolute atomic E-state index is 0.245. The Kier molecular flexibility index (Phi) is 4.41. The smallest absolute Gasteiger partial charge is 0.128 e. The van der Waals surface area contributed by atoms with Crippen LogP contribution in [0.1, 0.15) is 0 Å². The van der Waals surface area contributed by atoms with Crippen molar-refractivity contribution < 1.29 is 5.11 Å². The summed E-state index contributed by atoms with van der Waals surface area (Å²) in [4.78, 5) is 10.00. The van der Waals surface area contributed by atoms with Crippen LogP contribution in [-0.4, -0.2) is 15.1 Å². The number of fused-ring (bicyclic) bond motifs is 7. The molecule has 5 heteroatoms. The van der Waals surface area contributed by atoms with Gasteiger partial charge in [-0.15, -0.1) is 22.7 Å². The Morgan fingerprint density at radius 1 is 0.514 bits per heavy atom. The standard InChI is InChI=1S/C32H18N2OS2/c35-26-17-20-9-10-21(31-33-29-23-7-3-1-5-18(23)11-13-27(29)36-31)15-22(20)16-25(26)32-34-30-24-8-4-2-6-19(24)12-14-28(30)37-32/h1-17,35H. The number of aromatic nitrogens is 2. The molecule has 2 aromatic heterocycles. The number of thiazole rings is 2. The van der Waals surface area contributed by atoms with Crippen LogP contribution in [0.3, 0.4) is 0 Å². The fourth-order valence-electron chi connectivity index (χ4n) is 5.15. The van der Waals surface area contributed by atoms with Crippen LogP contribution in [0.5, 0.6) is 5.75 Å². The Morgan fingerprint density at radius 2 is 1.11 bits per heavy atom. The Balaban J connectivity index is 1.28. The third kappa shape index (κ3) is 3.25. The van der Waals surface area contributed by atoms with Crippen molar-refractivity contribution in [1.82, 2.24) is 9.97 Å². The summed E-state index contributed by atoms with van der Waals surface area (Å²) in [5.41, 5.74) is 3.86. The summed E-state index contributed by atoms with van der Waals surface area (Å²) < 4.78 is 2.30. The van der Waals surface area contributed by atoms with Gasteiger partial charge in [-0.3, -0.25) is 0 Å². The minimum atomic E-state index is 0.245. The van der Waals surface area contributed by atoms with Crippen molar-refractivity contribution in [2.24, 2.45) is 0 Å². The maximum atomic E-state index is 10.9. The molecular weight excluding hydrogens is 492 g/mol. The summed E-state index contributed by atoms with van der Waals surface area (Å²) in [6.45, 7) is 0.